The summed E-state index contributed by atoms with van der Waals surface area (Å²) >= 11 is 5.87. The maximum absolute atomic E-state index is 13.2. The van der Waals surface area contributed by atoms with Crippen molar-refractivity contribution in [3.8, 4) is 0 Å². The van der Waals surface area contributed by atoms with Crippen LogP contribution in [0.25, 0.3) is 0 Å². The van der Waals surface area contributed by atoms with E-state index in [2.05, 4.69) is 10.2 Å². The van der Waals surface area contributed by atoms with Crippen LogP contribution in [0.15, 0.2) is 77.7 Å². The second-order valence-corrected chi connectivity index (χ2v) is 10.0. The van der Waals surface area contributed by atoms with Crippen molar-refractivity contribution in [3.05, 3.63) is 88.9 Å². The van der Waals surface area contributed by atoms with Gasteiger partial charge in [0.2, 0.25) is 10.0 Å². The summed E-state index contributed by atoms with van der Waals surface area (Å²) in [5.41, 5.74) is 2.82. The van der Waals surface area contributed by atoms with Gasteiger partial charge in [-0.25, -0.2) is 8.42 Å². The number of halogens is 1. The van der Waals surface area contributed by atoms with Crippen molar-refractivity contribution >= 4 is 38.9 Å². The molecule has 1 aliphatic heterocycles. The van der Waals surface area contributed by atoms with E-state index >= 15 is 0 Å². The highest BCUT2D eigenvalue weighted by molar-refractivity contribution is 7.89. The van der Waals surface area contributed by atoms with Gasteiger partial charge in [0.25, 0.3) is 5.91 Å². The van der Waals surface area contributed by atoms with E-state index in [1.807, 2.05) is 30.3 Å². The topological polar surface area (TPSA) is 69.7 Å². The Morgan fingerprint density at radius 2 is 1.56 bits per heavy atom. The highest BCUT2D eigenvalue weighted by Crippen LogP contribution is 2.25. The van der Waals surface area contributed by atoms with E-state index < -0.39 is 10.0 Å². The average molecular weight is 470 g/mol. The van der Waals surface area contributed by atoms with Crippen LogP contribution in [-0.2, 0) is 10.0 Å². The maximum atomic E-state index is 13.2. The first-order chi connectivity index (χ1) is 15.3. The number of para-hydroxylation sites is 1. The van der Waals surface area contributed by atoms with E-state index in [1.54, 1.807) is 49.4 Å². The smallest absolute Gasteiger partial charge is 0.255 e. The van der Waals surface area contributed by atoms with Gasteiger partial charge in [-0.15, -0.1) is 0 Å². The lowest BCUT2D eigenvalue weighted by atomic mass is 10.1. The predicted octanol–water partition coefficient (Wildman–Crippen LogP) is 4.41. The van der Waals surface area contributed by atoms with Crippen molar-refractivity contribution in [2.45, 2.75) is 11.8 Å². The fraction of sp³-hybridized carbons (Fsp3) is 0.208. The van der Waals surface area contributed by atoms with Crippen LogP contribution in [0.4, 0.5) is 11.4 Å². The summed E-state index contributed by atoms with van der Waals surface area (Å²) in [7, 11) is -3.61. The minimum absolute atomic E-state index is 0.229. The largest absolute Gasteiger partial charge is 0.369 e. The molecule has 3 aromatic carbocycles. The fourth-order valence-electron chi connectivity index (χ4n) is 3.71. The first kappa shape index (κ1) is 22.3. The molecule has 32 heavy (non-hydrogen) atoms. The quantitative estimate of drug-likeness (QED) is 0.600. The SMILES string of the molecule is Cc1cc(S(=O)(=O)N2CCN(c3ccccc3)CC2)ccc1NC(=O)c1ccc(Cl)cc1. The van der Waals surface area contributed by atoms with Crippen LogP contribution in [0.2, 0.25) is 5.02 Å². The van der Waals surface area contributed by atoms with Crippen LogP contribution in [0, 0.1) is 6.92 Å². The summed E-state index contributed by atoms with van der Waals surface area (Å²) < 4.78 is 27.9. The molecule has 4 rings (SSSR count). The normalized spacial score (nSPS) is 14.9. The molecule has 0 bridgehead atoms. The van der Waals surface area contributed by atoms with Crippen LogP contribution in [0.1, 0.15) is 15.9 Å². The third-order valence-electron chi connectivity index (χ3n) is 5.55. The molecule has 0 radical (unpaired) electrons. The zero-order chi connectivity index (χ0) is 22.7. The Hall–Kier alpha value is -2.87. The van der Waals surface area contributed by atoms with Gasteiger partial charge in [0.1, 0.15) is 0 Å². The molecule has 6 nitrogen and oxygen atoms in total. The second kappa shape index (κ2) is 9.32. The summed E-state index contributed by atoms with van der Waals surface area (Å²) in [6.45, 7) is 3.90. The highest BCUT2D eigenvalue weighted by atomic mass is 35.5. The standard InChI is InChI=1S/C24H24ClN3O3S/c1-18-17-22(11-12-23(18)26-24(29)19-7-9-20(25)10-8-19)32(30,31)28-15-13-27(14-16-28)21-5-3-2-4-6-21/h2-12,17H,13-16H2,1H3,(H,26,29). The summed E-state index contributed by atoms with van der Waals surface area (Å²) in [6.07, 6.45) is 0. The minimum atomic E-state index is -3.61. The Balaban J connectivity index is 1.45. The van der Waals surface area contributed by atoms with Gasteiger partial charge in [-0.05, 0) is 67.1 Å². The number of rotatable bonds is 5. The summed E-state index contributed by atoms with van der Waals surface area (Å²) in [5, 5.41) is 3.38. The predicted molar refractivity (Wildman–Crippen MR) is 128 cm³/mol. The van der Waals surface area contributed by atoms with E-state index in [0.29, 0.717) is 48.0 Å². The molecule has 0 atom stereocenters. The van der Waals surface area contributed by atoms with Crippen molar-refractivity contribution < 1.29 is 13.2 Å². The first-order valence-electron chi connectivity index (χ1n) is 10.3. The van der Waals surface area contributed by atoms with Crippen LogP contribution >= 0.6 is 11.6 Å². The number of nitrogens with one attached hydrogen (secondary N) is 1. The molecule has 1 aliphatic rings. The molecule has 0 aromatic heterocycles. The number of sulfonamides is 1. The van der Waals surface area contributed by atoms with Crippen LogP contribution in [0.3, 0.4) is 0 Å². The molecular weight excluding hydrogens is 446 g/mol. The lowest BCUT2D eigenvalue weighted by molar-refractivity contribution is 0.102. The molecule has 1 amide bonds. The van der Waals surface area contributed by atoms with Gasteiger partial charge in [0.15, 0.2) is 0 Å². The number of hydrogen-bond acceptors (Lipinski definition) is 4. The van der Waals surface area contributed by atoms with Crippen molar-refractivity contribution in [2.24, 2.45) is 0 Å². The van der Waals surface area contributed by atoms with E-state index in [9.17, 15) is 13.2 Å². The molecule has 1 saturated heterocycles. The van der Waals surface area contributed by atoms with Crippen LogP contribution < -0.4 is 10.2 Å². The molecule has 166 valence electrons. The van der Waals surface area contributed by atoms with Crippen LogP contribution in [-0.4, -0.2) is 44.8 Å². The zero-order valence-electron chi connectivity index (χ0n) is 17.7. The Kier molecular flexibility index (Phi) is 6.50. The molecule has 3 aromatic rings. The third-order valence-corrected chi connectivity index (χ3v) is 7.70. The number of nitrogens with zero attached hydrogens (tertiary/aromatic N) is 2. The third kappa shape index (κ3) is 4.80. The molecule has 0 aliphatic carbocycles. The highest BCUT2D eigenvalue weighted by Gasteiger charge is 2.29. The number of carbonyl (C=O) groups excluding carboxylic acids is 1. The Bertz CT molecular complexity index is 1210. The Morgan fingerprint density at radius 1 is 0.906 bits per heavy atom. The van der Waals surface area contributed by atoms with Crippen molar-refractivity contribution in [2.75, 3.05) is 36.4 Å². The number of anilines is 2. The number of piperazine rings is 1. The van der Waals surface area contributed by atoms with E-state index in [1.165, 1.54) is 4.31 Å². The molecular formula is C24H24ClN3O3S. The van der Waals surface area contributed by atoms with Crippen molar-refractivity contribution in [3.63, 3.8) is 0 Å². The van der Waals surface area contributed by atoms with Crippen molar-refractivity contribution in [1.29, 1.82) is 0 Å². The van der Waals surface area contributed by atoms with Gasteiger partial charge in [0, 0.05) is 48.1 Å². The average Bonchev–Trinajstić information content (AvgIpc) is 2.81. The van der Waals surface area contributed by atoms with Crippen molar-refractivity contribution in [1.82, 2.24) is 4.31 Å². The monoisotopic (exact) mass is 469 g/mol. The Morgan fingerprint density at radius 3 is 2.19 bits per heavy atom. The van der Waals surface area contributed by atoms with E-state index in [0.717, 1.165) is 5.69 Å². The van der Waals surface area contributed by atoms with E-state index in [4.69, 9.17) is 11.6 Å². The molecule has 0 saturated carbocycles. The molecule has 8 heteroatoms. The van der Waals surface area contributed by atoms with E-state index in [-0.39, 0.29) is 10.8 Å². The van der Waals surface area contributed by atoms with Gasteiger partial charge in [-0.2, -0.15) is 4.31 Å². The minimum Gasteiger partial charge on any atom is -0.369 e. The number of amides is 1. The summed E-state index contributed by atoms with van der Waals surface area (Å²) in [4.78, 5) is 14.9. The lowest BCUT2D eigenvalue weighted by Crippen LogP contribution is -2.48. The molecule has 0 spiro atoms. The molecule has 1 heterocycles. The number of carbonyl (C=O) groups is 1. The first-order valence-corrected chi connectivity index (χ1v) is 12.1. The van der Waals surface area contributed by atoms with Crippen LogP contribution in [0.5, 0.6) is 0 Å². The zero-order valence-corrected chi connectivity index (χ0v) is 19.2. The van der Waals surface area contributed by atoms with Gasteiger partial charge < -0.3 is 10.2 Å². The number of aryl methyl sites for hydroxylation is 1. The second-order valence-electron chi connectivity index (χ2n) is 7.66. The van der Waals surface area contributed by atoms with Gasteiger partial charge >= 0.3 is 0 Å². The molecule has 1 N–H and O–H groups in total. The Labute approximate surface area is 193 Å². The molecule has 0 unspecified atom stereocenters. The van der Waals surface area contributed by atoms with Gasteiger partial charge in [-0.1, -0.05) is 29.8 Å². The summed E-state index contributed by atoms with van der Waals surface area (Å²) in [6, 6.07) is 21.4. The maximum Gasteiger partial charge on any atom is 0.255 e. The summed E-state index contributed by atoms with van der Waals surface area (Å²) in [5.74, 6) is -0.280. The van der Waals surface area contributed by atoms with Gasteiger partial charge in [-0.3, -0.25) is 4.79 Å². The number of hydrogen-bond donors (Lipinski definition) is 1. The van der Waals surface area contributed by atoms with Gasteiger partial charge in [0.05, 0.1) is 4.90 Å². The fourth-order valence-corrected chi connectivity index (χ4v) is 5.34. The lowest BCUT2D eigenvalue weighted by Gasteiger charge is -2.35. The molecule has 1 fully saturated rings. The number of benzene rings is 3.